The Morgan fingerprint density at radius 3 is 2.25 bits per heavy atom. The van der Waals surface area contributed by atoms with Crippen molar-refractivity contribution in [2.75, 3.05) is 7.11 Å². The van der Waals surface area contributed by atoms with E-state index in [1.165, 1.54) is 18.4 Å². The van der Waals surface area contributed by atoms with Gasteiger partial charge in [-0.1, -0.05) is 32.1 Å². The topological polar surface area (TPSA) is 22.1 Å². The highest BCUT2D eigenvalue weighted by Gasteiger charge is 2.21. The van der Waals surface area contributed by atoms with Crippen LogP contribution in [0.4, 0.5) is 4.39 Å². The average Bonchev–Trinajstić information content (AvgIpc) is 2.29. The number of rotatable bonds is 1. The number of nitrogens with zero attached hydrogens (tertiary/aromatic N) is 1. The Hall–Kier alpha value is -0.640. The van der Waals surface area contributed by atoms with Gasteiger partial charge in [-0.25, -0.2) is 4.98 Å². The standard InChI is InChI=1S/C8H12FNOS/c1-8(2,3)7-10-5(9)6(11-4)12-7/h1-4H3. The van der Waals surface area contributed by atoms with Crippen LogP contribution in [-0.4, -0.2) is 12.1 Å². The minimum atomic E-state index is -0.507. The molecule has 12 heavy (non-hydrogen) atoms. The zero-order valence-electron chi connectivity index (χ0n) is 7.64. The molecule has 0 amide bonds. The van der Waals surface area contributed by atoms with E-state index in [-0.39, 0.29) is 10.5 Å². The van der Waals surface area contributed by atoms with Crippen LogP contribution in [0.15, 0.2) is 0 Å². The lowest BCUT2D eigenvalue weighted by Crippen LogP contribution is -2.10. The molecule has 1 heterocycles. The lowest BCUT2D eigenvalue weighted by molar-refractivity contribution is 0.392. The Morgan fingerprint density at radius 1 is 1.42 bits per heavy atom. The lowest BCUT2D eigenvalue weighted by atomic mass is 9.98. The smallest absolute Gasteiger partial charge is 0.267 e. The quantitative estimate of drug-likeness (QED) is 0.677. The Bertz CT molecular complexity index is 277. The van der Waals surface area contributed by atoms with Gasteiger partial charge in [-0.3, -0.25) is 0 Å². The Labute approximate surface area is 75.4 Å². The van der Waals surface area contributed by atoms with E-state index in [0.29, 0.717) is 0 Å². The van der Waals surface area contributed by atoms with Gasteiger partial charge in [-0.15, -0.1) is 0 Å². The molecule has 2 nitrogen and oxygen atoms in total. The van der Waals surface area contributed by atoms with E-state index >= 15 is 0 Å². The van der Waals surface area contributed by atoms with E-state index in [9.17, 15) is 4.39 Å². The van der Waals surface area contributed by atoms with E-state index in [4.69, 9.17) is 4.74 Å². The van der Waals surface area contributed by atoms with Crippen molar-refractivity contribution in [1.82, 2.24) is 4.98 Å². The van der Waals surface area contributed by atoms with Crippen LogP contribution in [0.25, 0.3) is 0 Å². The maximum atomic E-state index is 12.9. The van der Waals surface area contributed by atoms with Gasteiger partial charge in [0.05, 0.1) is 7.11 Å². The van der Waals surface area contributed by atoms with Gasteiger partial charge in [0.25, 0.3) is 5.95 Å². The van der Waals surface area contributed by atoms with Crippen LogP contribution in [0.1, 0.15) is 25.8 Å². The van der Waals surface area contributed by atoms with E-state index in [1.807, 2.05) is 20.8 Å². The van der Waals surface area contributed by atoms with E-state index in [2.05, 4.69) is 4.98 Å². The largest absolute Gasteiger partial charge is 0.484 e. The summed E-state index contributed by atoms with van der Waals surface area (Å²) in [4.78, 5) is 3.78. The van der Waals surface area contributed by atoms with Crippen molar-refractivity contribution < 1.29 is 9.13 Å². The minimum absolute atomic E-state index is 0.109. The fourth-order valence-corrected chi connectivity index (χ4v) is 1.55. The predicted octanol–water partition coefficient (Wildman–Crippen LogP) is 2.59. The Morgan fingerprint density at radius 2 is 2.00 bits per heavy atom. The van der Waals surface area contributed by atoms with Crippen molar-refractivity contribution in [2.45, 2.75) is 26.2 Å². The van der Waals surface area contributed by atoms with Gasteiger partial charge in [-0.2, -0.15) is 4.39 Å². The predicted molar refractivity (Wildman–Crippen MR) is 47.3 cm³/mol. The second kappa shape index (κ2) is 3.01. The van der Waals surface area contributed by atoms with Crippen LogP contribution >= 0.6 is 11.3 Å². The monoisotopic (exact) mass is 189 g/mol. The molecule has 68 valence electrons. The molecule has 0 unspecified atom stereocenters. The third-order valence-electron chi connectivity index (χ3n) is 1.38. The highest BCUT2D eigenvalue weighted by Crippen LogP contribution is 2.33. The number of halogens is 1. The van der Waals surface area contributed by atoms with Gasteiger partial charge in [-0.05, 0) is 0 Å². The second-order valence-electron chi connectivity index (χ2n) is 3.55. The van der Waals surface area contributed by atoms with Gasteiger partial charge in [0.15, 0.2) is 0 Å². The molecule has 1 aromatic heterocycles. The molecule has 0 aliphatic rings. The van der Waals surface area contributed by atoms with Crippen molar-refractivity contribution in [3.05, 3.63) is 11.0 Å². The molecular formula is C8H12FNOS. The van der Waals surface area contributed by atoms with Crippen LogP contribution in [-0.2, 0) is 5.41 Å². The Kier molecular flexibility index (Phi) is 2.37. The van der Waals surface area contributed by atoms with E-state index < -0.39 is 5.95 Å². The van der Waals surface area contributed by atoms with Crippen molar-refractivity contribution >= 4 is 11.3 Å². The second-order valence-corrected chi connectivity index (χ2v) is 4.51. The Balaban J connectivity index is 3.05. The molecule has 0 aliphatic carbocycles. The van der Waals surface area contributed by atoms with E-state index in [1.54, 1.807) is 0 Å². The molecular weight excluding hydrogens is 177 g/mol. The molecule has 0 aliphatic heterocycles. The van der Waals surface area contributed by atoms with Crippen LogP contribution in [0, 0.1) is 5.95 Å². The lowest BCUT2D eigenvalue weighted by Gasteiger charge is -2.12. The maximum absolute atomic E-state index is 12.9. The van der Waals surface area contributed by atoms with Gasteiger partial charge in [0.2, 0.25) is 5.06 Å². The minimum Gasteiger partial charge on any atom is -0.484 e. The summed E-state index contributed by atoms with van der Waals surface area (Å²) in [5.74, 6) is -0.507. The summed E-state index contributed by atoms with van der Waals surface area (Å²) < 4.78 is 17.7. The number of thiazole rings is 1. The van der Waals surface area contributed by atoms with Crippen molar-refractivity contribution in [1.29, 1.82) is 0 Å². The molecule has 1 rings (SSSR count). The highest BCUT2D eigenvalue weighted by molar-refractivity contribution is 7.13. The molecule has 0 aromatic carbocycles. The number of hydrogen-bond acceptors (Lipinski definition) is 3. The maximum Gasteiger partial charge on any atom is 0.267 e. The molecule has 0 spiro atoms. The normalized spacial score (nSPS) is 11.8. The van der Waals surface area contributed by atoms with Crippen LogP contribution in [0.3, 0.4) is 0 Å². The summed E-state index contributed by atoms with van der Waals surface area (Å²) in [5.41, 5.74) is -0.109. The molecule has 0 saturated heterocycles. The van der Waals surface area contributed by atoms with Crippen LogP contribution in [0.5, 0.6) is 5.06 Å². The van der Waals surface area contributed by atoms with Gasteiger partial charge >= 0.3 is 0 Å². The molecule has 0 N–H and O–H groups in total. The van der Waals surface area contributed by atoms with Gasteiger partial charge in [0, 0.05) is 5.41 Å². The third kappa shape index (κ3) is 1.75. The molecule has 0 bridgehead atoms. The third-order valence-corrected chi connectivity index (χ3v) is 2.80. The van der Waals surface area contributed by atoms with Crippen LogP contribution < -0.4 is 4.74 Å². The first kappa shape index (κ1) is 9.45. The SMILES string of the molecule is COc1sc(C(C)(C)C)nc1F. The molecule has 0 radical (unpaired) electrons. The van der Waals surface area contributed by atoms with Crippen LogP contribution in [0.2, 0.25) is 0 Å². The zero-order chi connectivity index (χ0) is 9.35. The van der Waals surface area contributed by atoms with E-state index in [0.717, 1.165) is 5.01 Å². The fraction of sp³-hybridized carbons (Fsp3) is 0.625. The summed E-state index contributed by atoms with van der Waals surface area (Å²) in [5, 5.41) is 1.02. The van der Waals surface area contributed by atoms with Crippen molar-refractivity contribution in [3.63, 3.8) is 0 Å². The number of hydrogen-bond donors (Lipinski definition) is 0. The summed E-state index contributed by atoms with van der Waals surface area (Å²) >= 11 is 1.26. The average molecular weight is 189 g/mol. The molecule has 4 heteroatoms. The first-order chi connectivity index (χ1) is 5.45. The zero-order valence-corrected chi connectivity index (χ0v) is 8.46. The molecule has 0 saturated carbocycles. The number of ether oxygens (including phenoxy) is 1. The fourth-order valence-electron chi connectivity index (χ4n) is 0.734. The number of aromatic nitrogens is 1. The molecule has 0 atom stereocenters. The summed E-state index contributed by atoms with van der Waals surface area (Å²) in [6.45, 7) is 5.97. The number of methoxy groups -OCH3 is 1. The highest BCUT2D eigenvalue weighted by atomic mass is 32.1. The van der Waals surface area contributed by atoms with Crippen molar-refractivity contribution in [3.8, 4) is 5.06 Å². The van der Waals surface area contributed by atoms with Gasteiger partial charge in [0.1, 0.15) is 5.01 Å². The summed E-state index contributed by atoms with van der Waals surface area (Å²) in [7, 11) is 1.45. The summed E-state index contributed by atoms with van der Waals surface area (Å²) in [6.07, 6.45) is 0. The summed E-state index contributed by atoms with van der Waals surface area (Å²) in [6, 6.07) is 0. The molecule has 1 aromatic rings. The first-order valence-electron chi connectivity index (χ1n) is 3.66. The van der Waals surface area contributed by atoms with Gasteiger partial charge < -0.3 is 4.74 Å². The van der Waals surface area contributed by atoms with Crippen molar-refractivity contribution in [2.24, 2.45) is 0 Å². The molecule has 0 fully saturated rings. The first-order valence-corrected chi connectivity index (χ1v) is 4.47.